The molecule has 0 unspecified atom stereocenters. The third kappa shape index (κ3) is 3.76. The van der Waals surface area contributed by atoms with E-state index in [0.29, 0.717) is 11.3 Å². The number of nitriles is 1. The first-order valence-corrected chi connectivity index (χ1v) is 6.49. The molecule has 1 amide bonds. The molecule has 1 aromatic rings. The summed E-state index contributed by atoms with van der Waals surface area (Å²) in [5.74, 6) is 0.292. The Balaban J connectivity index is 2.92. The Morgan fingerprint density at radius 1 is 1.56 bits per heavy atom. The van der Waals surface area contributed by atoms with E-state index in [9.17, 15) is 9.90 Å². The summed E-state index contributed by atoms with van der Waals surface area (Å²) < 4.78 is 0. The normalized spacial score (nSPS) is 11.7. The molecule has 0 bridgehead atoms. The standard InChI is InChI=1S/C13H16N2O2S/c1-9(16)11-5-4-10(7-14)6-12(11)18-8-13(17)15(2)3/h4-6,9,16H,8H2,1-3H3/t9-/m1/s1. The highest BCUT2D eigenvalue weighted by Gasteiger charge is 2.12. The number of nitrogens with zero attached hydrogens (tertiary/aromatic N) is 2. The fourth-order valence-corrected chi connectivity index (χ4v) is 2.50. The SMILES string of the molecule is C[C@@H](O)c1ccc(C#N)cc1SCC(=O)N(C)C. The summed E-state index contributed by atoms with van der Waals surface area (Å²) in [6.07, 6.45) is -0.616. The number of carbonyl (C=O) groups excluding carboxylic acids is 1. The van der Waals surface area contributed by atoms with E-state index in [1.807, 2.05) is 0 Å². The van der Waals surface area contributed by atoms with Crippen LogP contribution in [0.5, 0.6) is 0 Å². The molecule has 0 aliphatic carbocycles. The van der Waals surface area contributed by atoms with Crippen LogP contribution in [0.1, 0.15) is 24.2 Å². The highest BCUT2D eigenvalue weighted by atomic mass is 32.2. The summed E-state index contributed by atoms with van der Waals surface area (Å²) in [7, 11) is 3.40. The van der Waals surface area contributed by atoms with E-state index in [1.165, 1.54) is 16.7 Å². The van der Waals surface area contributed by atoms with Gasteiger partial charge >= 0.3 is 0 Å². The van der Waals surface area contributed by atoms with Crippen molar-refractivity contribution in [2.45, 2.75) is 17.9 Å². The van der Waals surface area contributed by atoms with Gasteiger partial charge in [0.2, 0.25) is 5.91 Å². The molecular formula is C13H16N2O2S. The fourth-order valence-electron chi connectivity index (χ4n) is 1.34. The van der Waals surface area contributed by atoms with Gasteiger partial charge in [-0.05, 0) is 24.6 Å². The van der Waals surface area contributed by atoms with Crippen molar-refractivity contribution in [2.75, 3.05) is 19.8 Å². The van der Waals surface area contributed by atoms with Gasteiger partial charge in [-0.15, -0.1) is 11.8 Å². The summed E-state index contributed by atoms with van der Waals surface area (Å²) >= 11 is 1.34. The Hall–Kier alpha value is -1.51. The maximum absolute atomic E-state index is 11.5. The van der Waals surface area contributed by atoms with E-state index >= 15 is 0 Å². The smallest absolute Gasteiger partial charge is 0.232 e. The van der Waals surface area contributed by atoms with Gasteiger partial charge in [0.15, 0.2) is 0 Å². The average molecular weight is 264 g/mol. The van der Waals surface area contributed by atoms with Gasteiger partial charge in [-0.2, -0.15) is 5.26 Å². The van der Waals surface area contributed by atoms with Gasteiger partial charge in [-0.3, -0.25) is 4.79 Å². The zero-order valence-electron chi connectivity index (χ0n) is 10.7. The Morgan fingerprint density at radius 3 is 2.72 bits per heavy atom. The van der Waals surface area contributed by atoms with Gasteiger partial charge in [0.1, 0.15) is 0 Å². The predicted octanol–water partition coefficient (Wildman–Crippen LogP) is 1.79. The van der Waals surface area contributed by atoms with Crippen LogP contribution in [-0.4, -0.2) is 35.8 Å². The summed E-state index contributed by atoms with van der Waals surface area (Å²) in [5, 5.41) is 18.5. The molecule has 0 fully saturated rings. The second kappa shape index (κ2) is 6.43. The highest BCUT2D eigenvalue weighted by Crippen LogP contribution is 2.28. The molecule has 4 nitrogen and oxygen atoms in total. The second-order valence-corrected chi connectivity index (χ2v) is 5.13. The number of amides is 1. The lowest BCUT2D eigenvalue weighted by molar-refractivity contribution is -0.125. The third-order valence-electron chi connectivity index (χ3n) is 2.44. The van der Waals surface area contributed by atoms with E-state index < -0.39 is 6.10 Å². The van der Waals surface area contributed by atoms with Crippen molar-refractivity contribution in [1.82, 2.24) is 4.90 Å². The highest BCUT2D eigenvalue weighted by molar-refractivity contribution is 8.00. The van der Waals surface area contributed by atoms with Crippen LogP contribution < -0.4 is 0 Å². The lowest BCUT2D eigenvalue weighted by Crippen LogP contribution is -2.23. The molecule has 96 valence electrons. The maximum atomic E-state index is 11.5. The zero-order chi connectivity index (χ0) is 13.7. The molecule has 0 spiro atoms. The number of aliphatic hydroxyl groups is 1. The third-order valence-corrected chi connectivity index (χ3v) is 3.50. The number of aliphatic hydroxyl groups excluding tert-OH is 1. The Kier molecular flexibility index (Phi) is 5.20. The van der Waals surface area contributed by atoms with Crippen LogP contribution >= 0.6 is 11.8 Å². The van der Waals surface area contributed by atoms with Crippen LogP contribution in [0.2, 0.25) is 0 Å². The molecule has 1 aromatic carbocycles. The number of rotatable bonds is 4. The van der Waals surface area contributed by atoms with Crippen LogP contribution in [0.4, 0.5) is 0 Å². The van der Waals surface area contributed by atoms with Crippen LogP contribution in [0.15, 0.2) is 23.1 Å². The van der Waals surface area contributed by atoms with Crippen molar-refractivity contribution >= 4 is 17.7 Å². The van der Waals surface area contributed by atoms with E-state index in [4.69, 9.17) is 5.26 Å². The maximum Gasteiger partial charge on any atom is 0.232 e. The van der Waals surface area contributed by atoms with Crippen molar-refractivity contribution in [2.24, 2.45) is 0 Å². The molecule has 0 radical (unpaired) electrons. The van der Waals surface area contributed by atoms with Gasteiger partial charge < -0.3 is 10.0 Å². The molecule has 0 saturated carbocycles. The molecule has 1 N–H and O–H groups in total. The molecule has 18 heavy (non-hydrogen) atoms. The summed E-state index contributed by atoms with van der Waals surface area (Å²) in [6, 6.07) is 7.15. The summed E-state index contributed by atoms with van der Waals surface area (Å²) in [4.78, 5) is 13.8. The van der Waals surface area contributed by atoms with Gasteiger partial charge in [0.25, 0.3) is 0 Å². The van der Waals surface area contributed by atoms with Crippen molar-refractivity contribution in [3.05, 3.63) is 29.3 Å². The lowest BCUT2D eigenvalue weighted by atomic mass is 10.1. The van der Waals surface area contributed by atoms with Crippen LogP contribution in [-0.2, 0) is 4.79 Å². The summed E-state index contributed by atoms with van der Waals surface area (Å²) in [5.41, 5.74) is 1.27. The van der Waals surface area contributed by atoms with Crippen LogP contribution in [0, 0.1) is 11.3 Å². The molecule has 5 heteroatoms. The van der Waals surface area contributed by atoms with Gasteiger partial charge in [-0.1, -0.05) is 6.07 Å². The number of thioether (sulfide) groups is 1. The zero-order valence-corrected chi connectivity index (χ0v) is 11.5. The minimum absolute atomic E-state index is 0.00102. The molecule has 0 saturated heterocycles. The Bertz CT molecular complexity index is 478. The van der Waals surface area contributed by atoms with Crippen molar-refractivity contribution in [1.29, 1.82) is 5.26 Å². The van der Waals surface area contributed by atoms with Crippen LogP contribution in [0.25, 0.3) is 0 Å². The van der Waals surface area contributed by atoms with E-state index in [-0.39, 0.29) is 5.91 Å². The van der Waals surface area contributed by atoms with E-state index in [1.54, 1.807) is 39.2 Å². The van der Waals surface area contributed by atoms with Crippen LogP contribution in [0.3, 0.4) is 0 Å². The molecule has 0 heterocycles. The first-order valence-electron chi connectivity index (χ1n) is 5.50. The second-order valence-electron chi connectivity index (χ2n) is 4.12. The first-order chi connectivity index (χ1) is 8.45. The largest absolute Gasteiger partial charge is 0.389 e. The van der Waals surface area contributed by atoms with Gasteiger partial charge in [0.05, 0.1) is 23.5 Å². The van der Waals surface area contributed by atoms with Crippen molar-refractivity contribution in [3.63, 3.8) is 0 Å². The topological polar surface area (TPSA) is 64.3 Å². The number of benzene rings is 1. The van der Waals surface area contributed by atoms with E-state index in [2.05, 4.69) is 6.07 Å². The number of carbonyl (C=O) groups is 1. The molecule has 0 aliphatic rings. The van der Waals surface area contributed by atoms with Gasteiger partial charge in [-0.25, -0.2) is 0 Å². The molecule has 0 aromatic heterocycles. The Morgan fingerprint density at radius 2 is 2.22 bits per heavy atom. The van der Waals surface area contributed by atoms with Crippen molar-refractivity contribution in [3.8, 4) is 6.07 Å². The summed E-state index contributed by atoms with van der Waals surface area (Å²) in [6.45, 7) is 1.67. The minimum Gasteiger partial charge on any atom is -0.389 e. The molecular weight excluding hydrogens is 248 g/mol. The van der Waals surface area contributed by atoms with E-state index in [0.717, 1.165) is 10.5 Å². The quantitative estimate of drug-likeness (QED) is 0.842. The number of hydrogen-bond donors (Lipinski definition) is 1. The molecule has 0 aliphatic heterocycles. The van der Waals surface area contributed by atoms with Gasteiger partial charge in [0, 0.05) is 19.0 Å². The predicted molar refractivity (Wildman–Crippen MR) is 71.2 cm³/mol. The molecule has 1 rings (SSSR count). The first kappa shape index (κ1) is 14.6. The lowest BCUT2D eigenvalue weighted by Gasteiger charge is -2.13. The fraction of sp³-hybridized carbons (Fsp3) is 0.385. The molecule has 1 atom stereocenters. The average Bonchev–Trinajstić information content (AvgIpc) is 2.34. The van der Waals surface area contributed by atoms with Crippen molar-refractivity contribution < 1.29 is 9.90 Å². The Labute approximate surface area is 111 Å². The minimum atomic E-state index is -0.616. The number of hydrogen-bond acceptors (Lipinski definition) is 4. The monoisotopic (exact) mass is 264 g/mol.